The summed E-state index contributed by atoms with van der Waals surface area (Å²) in [5.74, 6) is 6.17. The molecule has 0 saturated heterocycles. The fourth-order valence-electron chi connectivity index (χ4n) is 3.18. The molecule has 0 radical (unpaired) electrons. The fourth-order valence-corrected chi connectivity index (χ4v) is 3.18. The maximum absolute atomic E-state index is 13.0. The van der Waals surface area contributed by atoms with E-state index in [1.807, 2.05) is 31.2 Å². The third kappa shape index (κ3) is 3.94. The number of ketones is 1. The van der Waals surface area contributed by atoms with E-state index in [0.717, 1.165) is 27.8 Å². The number of aromatic nitrogens is 2. The molecule has 0 fully saturated rings. The highest BCUT2D eigenvalue weighted by Crippen LogP contribution is 2.25. The van der Waals surface area contributed by atoms with Crippen molar-refractivity contribution in [1.82, 2.24) is 9.71 Å². The quantitative estimate of drug-likeness (QED) is 0.282. The van der Waals surface area contributed by atoms with Crippen LogP contribution in [0.5, 0.6) is 0 Å². The van der Waals surface area contributed by atoms with Gasteiger partial charge >= 0.3 is 0 Å². The molecule has 0 spiro atoms. The van der Waals surface area contributed by atoms with Crippen LogP contribution in [0.25, 0.3) is 22.4 Å². The first-order chi connectivity index (χ1) is 14.5. The van der Waals surface area contributed by atoms with Crippen molar-refractivity contribution in [1.29, 1.82) is 0 Å². The first-order valence-electron chi connectivity index (χ1n) is 9.68. The summed E-state index contributed by atoms with van der Waals surface area (Å²) in [6.45, 7) is 1.96. The number of carbonyl (C=O) groups is 1. The molecule has 5 heteroatoms. The smallest absolute Gasteiger partial charge is 0.176 e. The number of halogens is 1. The largest absolute Gasteiger partial charge is 0.426 e. The average Bonchev–Trinajstić information content (AvgIpc) is 3.10. The van der Waals surface area contributed by atoms with E-state index in [9.17, 15) is 14.4 Å². The first kappa shape index (κ1) is 19.4. The molecular formula is C25H19FN2O2. The van der Waals surface area contributed by atoms with Crippen molar-refractivity contribution >= 4 is 16.8 Å². The third-order valence-corrected chi connectivity index (χ3v) is 4.77. The van der Waals surface area contributed by atoms with E-state index in [1.54, 1.807) is 30.3 Å². The minimum absolute atomic E-state index is 0.0474. The third-order valence-electron chi connectivity index (χ3n) is 4.77. The standard InChI is InChI=1S/C25H19FN2O2/c1-2-3-24(29)20-12-15-22-23(16-20)28(30)25(27-22)19-10-6-17(7-11-19)4-5-18-8-13-21(26)14-9-18/h6-16,30H,2-3H2,1H3. The van der Waals surface area contributed by atoms with Gasteiger partial charge in [0.25, 0.3) is 0 Å². The highest BCUT2D eigenvalue weighted by atomic mass is 19.1. The molecule has 0 aliphatic rings. The normalized spacial score (nSPS) is 10.6. The molecule has 4 aromatic rings. The van der Waals surface area contributed by atoms with Crippen LogP contribution in [-0.4, -0.2) is 20.7 Å². The highest BCUT2D eigenvalue weighted by Gasteiger charge is 2.14. The van der Waals surface area contributed by atoms with Crippen molar-refractivity contribution in [2.24, 2.45) is 0 Å². The Morgan fingerprint density at radius 1 is 1.00 bits per heavy atom. The van der Waals surface area contributed by atoms with Crippen LogP contribution in [0, 0.1) is 17.7 Å². The van der Waals surface area contributed by atoms with Gasteiger partial charge in [-0.25, -0.2) is 9.37 Å². The molecule has 0 atom stereocenters. The molecule has 1 N–H and O–H groups in total. The van der Waals surface area contributed by atoms with E-state index in [-0.39, 0.29) is 11.6 Å². The lowest BCUT2D eigenvalue weighted by molar-refractivity contribution is 0.0982. The van der Waals surface area contributed by atoms with Crippen molar-refractivity contribution in [3.63, 3.8) is 0 Å². The van der Waals surface area contributed by atoms with E-state index >= 15 is 0 Å². The van der Waals surface area contributed by atoms with Gasteiger partial charge in [-0.1, -0.05) is 18.8 Å². The van der Waals surface area contributed by atoms with Crippen LogP contribution in [0.3, 0.4) is 0 Å². The predicted octanol–water partition coefficient (Wildman–Crippen LogP) is 5.46. The van der Waals surface area contributed by atoms with Crippen LogP contribution >= 0.6 is 0 Å². The Balaban J connectivity index is 1.62. The second-order valence-electron chi connectivity index (χ2n) is 6.96. The van der Waals surface area contributed by atoms with Crippen molar-refractivity contribution < 1.29 is 14.4 Å². The molecule has 0 unspecified atom stereocenters. The van der Waals surface area contributed by atoms with Gasteiger partial charge < -0.3 is 5.21 Å². The van der Waals surface area contributed by atoms with E-state index in [1.165, 1.54) is 12.1 Å². The SMILES string of the molecule is CCCC(=O)c1ccc2nc(-c3ccc(C#Cc4ccc(F)cc4)cc3)n(O)c2c1. The summed E-state index contributed by atoms with van der Waals surface area (Å²) in [4.78, 5) is 16.6. The zero-order valence-electron chi connectivity index (χ0n) is 16.4. The van der Waals surface area contributed by atoms with Gasteiger partial charge in [0.2, 0.25) is 0 Å². The summed E-state index contributed by atoms with van der Waals surface area (Å²) in [5.41, 5.74) is 3.91. The van der Waals surface area contributed by atoms with Crippen molar-refractivity contribution in [3.05, 3.63) is 89.2 Å². The summed E-state index contributed by atoms with van der Waals surface area (Å²) < 4.78 is 14.0. The summed E-state index contributed by atoms with van der Waals surface area (Å²) in [6, 6.07) is 18.5. The Hall–Kier alpha value is -3.91. The molecule has 0 bridgehead atoms. The summed E-state index contributed by atoms with van der Waals surface area (Å²) in [5, 5.41) is 10.6. The van der Waals surface area contributed by atoms with Crippen molar-refractivity contribution in [3.8, 4) is 23.2 Å². The van der Waals surface area contributed by atoms with Crippen LogP contribution in [0.2, 0.25) is 0 Å². The zero-order chi connectivity index (χ0) is 21.1. The lowest BCUT2D eigenvalue weighted by Crippen LogP contribution is -1.99. The minimum atomic E-state index is -0.293. The number of Topliss-reactive ketones (excluding diaryl/α,β-unsaturated/α-hetero) is 1. The Bertz CT molecular complexity index is 1280. The van der Waals surface area contributed by atoms with Gasteiger partial charge in [-0.2, -0.15) is 4.73 Å². The second-order valence-corrected chi connectivity index (χ2v) is 6.96. The van der Waals surface area contributed by atoms with Gasteiger partial charge in [-0.15, -0.1) is 0 Å². The van der Waals surface area contributed by atoms with E-state index in [4.69, 9.17) is 0 Å². The van der Waals surface area contributed by atoms with Crippen molar-refractivity contribution in [2.45, 2.75) is 19.8 Å². The number of benzene rings is 3. The van der Waals surface area contributed by atoms with Crippen LogP contribution in [0.15, 0.2) is 66.7 Å². The average molecular weight is 398 g/mol. The Labute approximate surface area is 173 Å². The van der Waals surface area contributed by atoms with Gasteiger partial charge in [-0.3, -0.25) is 4.79 Å². The molecule has 1 aromatic heterocycles. The topological polar surface area (TPSA) is 55.1 Å². The zero-order valence-corrected chi connectivity index (χ0v) is 16.4. The van der Waals surface area contributed by atoms with Gasteiger partial charge in [0.05, 0.1) is 5.52 Å². The lowest BCUT2D eigenvalue weighted by atomic mass is 10.1. The number of fused-ring (bicyclic) bond motifs is 1. The Kier molecular flexibility index (Phi) is 5.32. The number of hydrogen-bond acceptors (Lipinski definition) is 3. The van der Waals surface area contributed by atoms with Crippen molar-refractivity contribution in [2.75, 3.05) is 0 Å². The molecule has 0 amide bonds. The number of nitrogens with zero attached hydrogens (tertiary/aromatic N) is 2. The molecule has 4 nitrogen and oxygen atoms in total. The Morgan fingerprint density at radius 3 is 2.27 bits per heavy atom. The first-order valence-corrected chi connectivity index (χ1v) is 9.68. The van der Waals surface area contributed by atoms with Gasteiger partial charge in [0, 0.05) is 28.7 Å². The molecular weight excluding hydrogens is 379 g/mol. The molecule has 4 rings (SSSR count). The van der Waals surface area contributed by atoms with Crippen LogP contribution in [0.1, 0.15) is 41.3 Å². The lowest BCUT2D eigenvalue weighted by Gasteiger charge is -2.02. The monoisotopic (exact) mass is 398 g/mol. The van der Waals surface area contributed by atoms with E-state index in [2.05, 4.69) is 16.8 Å². The van der Waals surface area contributed by atoms with Crippen LogP contribution in [-0.2, 0) is 0 Å². The van der Waals surface area contributed by atoms with Gasteiger partial charge in [0.15, 0.2) is 11.6 Å². The molecule has 1 heterocycles. The molecule has 0 aliphatic heterocycles. The summed E-state index contributed by atoms with van der Waals surface area (Å²) in [6.07, 6.45) is 1.25. The molecule has 0 aliphatic carbocycles. The van der Waals surface area contributed by atoms with Gasteiger partial charge in [-0.05, 0) is 73.2 Å². The Morgan fingerprint density at radius 2 is 1.63 bits per heavy atom. The molecule has 0 saturated carbocycles. The van der Waals surface area contributed by atoms with Gasteiger partial charge in [0.1, 0.15) is 11.3 Å². The fraction of sp³-hybridized carbons (Fsp3) is 0.120. The minimum Gasteiger partial charge on any atom is -0.426 e. The number of carbonyl (C=O) groups excluding carboxylic acids is 1. The molecule has 30 heavy (non-hydrogen) atoms. The second kappa shape index (κ2) is 8.22. The summed E-state index contributed by atoms with van der Waals surface area (Å²) in [7, 11) is 0. The van der Waals surface area contributed by atoms with E-state index in [0.29, 0.717) is 28.8 Å². The van der Waals surface area contributed by atoms with E-state index < -0.39 is 0 Å². The van der Waals surface area contributed by atoms with Crippen LogP contribution in [0.4, 0.5) is 4.39 Å². The maximum atomic E-state index is 13.0. The number of rotatable bonds is 4. The maximum Gasteiger partial charge on any atom is 0.176 e. The van der Waals surface area contributed by atoms with Crippen LogP contribution < -0.4 is 0 Å². The summed E-state index contributed by atoms with van der Waals surface area (Å²) >= 11 is 0. The number of imidazole rings is 1. The predicted molar refractivity (Wildman–Crippen MR) is 114 cm³/mol. The molecule has 148 valence electrons. The number of hydrogen-bond donors (Lipinski definition) is 1. The molecule has 3 aromatic carbocycles. The highest BCUT2D eigenvalue weighted by molar-refractivity contribution is 5.99.